The molecule has 0 unspecified atom stereocenters. The summed E-state index contributed by atoms with van der Waals surface area (Å²) in [6.07, 6.45) is 1.82. The molecule has 0 heterocycles. The third kappa shape index (κ3) is 1.73. The molecule has 0 N–H and O–H groups in total. The second kappa shape index (κ2) is 3.73. The van der Waals surface area contributed by atoms with E-state index in [-0.39, 0.29) is 0 Å². The number of hydrogen-bond acceptors (Lipinski definition) is 1. The van der Waals surface area contributed by atoms with Crippen LogP contribution < -0.4 is 0 Å². The van der Waals surface area contributed by atoms with Crippen molar-refractivity contribution in [3.8, 4) is 6.07 Å². The Labute approximate surface area is 73.0 Å². The van der Waals surface area contributed by atoms with E-state index in [1.165, 1.54) is 5.56 Å². The fraction of sp³-hybridized carbons (Fsp3) is 0.182. The molecule has 0 aliphatic carbocycles. The first-order valence-corrected chi connectivity index (χ1v) is 3.91. The van der Waals surface area contributed by atoms with Crippen molar-refractivity contribution in [2.24, 2.45) is 0 Å². The maximum absolute atomic E-state index is 8.73. The number of aryl methyl sites for hydroxylation is 1. The largest absolute Gasteiger partial charge is 0.192 e. The Hall–Kier alpha value is -1.55. The number of allylic oxidation sites excluding steroid dienone is 2. The zero-order chi connectivity index (χ0) is 8.97. The molecule has 1 nitrogen and oxygen atoms in total. The molecular weight excluding hydrogens is 146 g/mol. The molecule has 60 valence electrons. The second-order valence-corrected chi connectivity index (χ2v) is 2.68. The van der Waals surface area contributed by atoms with Crippen LogP contribution >= 0.6 is 0 Å². The van der Waals surface area contributed by atoms with E-state index >= 15 is 0 Å². The van der Waals surface area contributed by atoms with E-state index in [4.69, 9.17) is 5.26 Å². The Kier molecular flexibility index (Phi) is 2.66. The van der Waals surface area contributed by atoms with Crippen molar-refractivity contribution in [1.82, 2.24) is 0 Å². The summed E-state index contributed by atoms with van der Waals surface area (Å²) in [5.74, 6) is 0. The summed E-state index contributed by atoms with van der Waals surface area (Å²) in [5, 5.41) is 8.73. The number of rotatable bonds is 1. The van der Waals surface area contributed by atoms with Crippen LogP contribution in [0.25, 0.3) is 5.57 Å². The molecule has 0 saturated heterocycles. The van der Waals surface area contributed by atoms with Crippen LogP contribution in [-0.2, 0) is 0 Å². The number of benzene rings is 1. The van der Waals surface area contributed by atoms with Gasteiger partial charge in [0.2, 0.25) is 0 Å². The Morgan fingerprint density at radius 3 is 2.33 bits per heavy atom. The van der Waals surface area contributed by atoms with E-state index in [1.807, 2.05) is 44.2 Å². The lowest BCUT2D eigenvalue weighted by Gasteiger charge is -1.97. The lowest BCUT2D eigenvalue weighted by molar-refractivity contribution is 1.44. The molecule has 0 radical (unpaired) electrons. The highest BCUT2D eigenvalue weighted by Gasteiger charge is 1.96. The highest BCUT2D eigenvalue weighted by Crippen LogP contribution is 2.13. The zero-order valence-corrected chi connectivity index (χ0v) is 7.33. The summed E-state index contributed by atoms with van der Waals surface area (Å²) in [7, 11) is 0. The van der Waals surface area contributed by atoms with E-state index in [2.05, 4.69) is 6.07 Å². The van der Waals surface area contributed by atoms with Gasteiger partial charge in [0.15, 0.2) is 0 Å². The molecule has 1 aromatic rings. The minimum atomic E-state index is 0.731. The molecule has 0 aliphatic heterocycles. The maximum Gasteiger partial charge on any atom is 0.0994 e. The Bertz CT molecular complexity index is 325. The average molecular weight is 157 g/mol. The molecule has 0 aliphatic rings. The molecule has 12 heavy (non-hydrogen) atoms. The van der Waals surface area contributed by atoms with Gasteiger partial charge in [-0.25, -0.2) is 0 Å². The predicted octanol–water partition coefficient (Wildman–Crippen LogP) is 2.92. The van der Waals surface area contributed by atoms with Gasteiger partial charge in [0.05, 0.1) is 11.6 Å². The molecule has 0 amide bonds. The average Bonchev–Trinajstić information content (AvgIpc) is 2.10. The molecule has 1 heteroatoms. The summed E-state index contributed by atoms with van der Waals surface area (Å²) in [5.41, 5.74) is 2.94. The van der Waals surface area contributed by atoms with Gasteiger partial charge in [-0.3, -0.25) is 0 Å². The van der Waals surface area contributed by atoms with E-state index in [0.29, 0.717) is 0 Å². The standard InChI is InChI=1S/C11H11N/c1-3-10(8-12)11-6-4-9(2)5-7-11/h3-7H,1-2H3/b10-3+. The zero-order valence-electron chi connectivity index (χ0n) is 7.33. The van der Waals surface area contributed by atoms with Gasteiger partial charge in [-0.2, -0.15) is 5.26 Å². The van der Waals surface area contributed by atoms with Crippen LogP contribution in [0.1, 0.15) is 18.1 Å². The lowest BCUT2D eigenvalue weighted by Crippen LogP contribution is -1.80. The number of nitriles is 1. The van der Waals surface area contributed by atoms with Gasteiger partial charge in [-0.15, -0.1) is 0 Å². The van der Waals surface area contributed by atoms with Gasteiger partial charge in [0.1, 0.15) is 0 Å². The quantitative estimate of drug-likeness (QED) is 0.575. The van der Waals surface area contributed by atoms with Crippen molar-refractivity contribution >= 4 is 5.57 Å². The first-order chi connectivity index (χ1) is 5.77. The highest BCUT2D eigenvalue weighted by atomic mass is 14.2. The summed E-state index contributed by atoms with van der Waals surface area (Å²) < 4.78 is 0. The molecule has 0 atom stereocenters. The van der Waals surface area contributed by atoms with Crippen molar-refractivity contribution in [2.75, 3.05) is 0 Å². The van der Waals surface area contributed by atoms with Gasteiger partial charge in [-0.1, -0.05) is 35.9 Å². The van der Waals surface area contributed by atoms with Crippen LogP contribution in [0.3, 0.4) is 0 Å². The van der Waals surface area contributed by atoms with E-state index < -0.39 is 0 Å². The maximum atomic E-state index is 8.73. The number of nitrogens with zero attached hydrogens (tertiary/aromatic N) is 1. The molecule has 0 aromatic heterocycles. The fourth-order valence-electron chi connectivity index (χ4n) is 1.03. The minimum Gasteiger partial charge on any atom is -0.192 e. The minimum absolute atomic E-state index is 0.731. The summed E-state index contributed by atoms with van der Waals surface area (Å²) >= 11 is 0. The van der Waals surface area contributed by atoms with Crippen molar-refractivity contribution in [1.29, 1.82) is 5.26 Å². The van der Waals surface area contributed by atoms with Gasteiger partial charge in [0.25, 0.3) is 0 Å². The Morgan fingerprint density at radius 2 is 1.92 bits per heavy atom. The molecule has 1 aromatic carbocycles. The smallest absolute Gasteiger partial charge is 0.0994 e. The highest BCUT2D eigenvalue weighted by molar-refractivity contribution is 5.76. The predicted molar refractivity (Wildman–Crippen MR) is 50.4 cm³/mol. The van der Waals surface area contributed by atoms with Gasteiger partial charge in [0, 0.05) is 0 Å². The van der Waals surface area contributed by atoms with Crippen LogP contribution in [0.2, 0.25) is 0 Å². The van der Waals surface area contributed by atoms with Crippen LogP contribution in [0.15, 0.2) is 30.3 Å². The first kappa shape index (κ1) is 8.55. The lowest BCUT2D eigenvalue weighted by atomic mass is 10.1. The summed E-state index contributed by atoms with van der Waals surface area (Å²) in [4.78, 5) is 0. The van der Waals surface area contributed by atoms with Crippen molar-refractivity contribution < 1.29 is 0 Å². The van der Waals surface area contributed by atoms with Crippen molar-refractivity contribution in [2.45, 2.75) is 13.8 Å². The molecule has 0 spiro atoms. The monoisotopic (exact) mass is 157 g/mol. The van der Waals surface area contributed by atoms with Crippen molar-refractivity contribution in [3.05, 3.63) is 41.5 Å². The fourth-order valence-corrected chi connectivity index (χ4v) is 1.03. The third-order valence-corrected chi connectivity index (χ3v) is 1.77. The number of hydrogen-bond donors (Lipinski definition) is 0. The SMILES string of the molecule is C/C=C(\C#N)c1ccc(C)cc1. The summed E-state index contributed by atoms with van der Waals surface area (Å²) in [6, 6.07) is 10.1. The van der Waals surface area contributed by atoms with Crippen molar-refractivity contribution in [3.63, 3.8) is 0 Å². The first-order valence-electron chi connectivity index (χ1n) is 3.91. The third-order valence-electron chi connectivity index (χ3n) is 1.77. The normalized spacial score (nSPS) is 10.9. The molecule has 0 saturated carbocycles. The van der Waals surface area contributed by atoms with E-state index in [0.717, 1.165) is 11.1 Å². The molecule has 0 bridgehead atoms. The van der Waals surface area contributed by atoms with Crippen LogP contribution in [0.4, 0.5) is 0 Å². The van der Waals surface area contributed by atoms with E-state index in [1.54, 1.807) is 0 Å². The second-order valence-electron chi connectivity index (χ2n) is 2.68. The Balaban J connectivity index is 3.06. The van der Waals surface area contributed by atoms with Crippen LogP contribution in [0.5, 0.6) is 0 Å². The van der Waals surface area contributed by atoms with Crippen LogP contribution in [-0.4, -0.2) is 0 Å². The molecular formula is C11H11N. The van der Waals surface area contributed by atoms with Gasteiger partial charge in [-0.05, 0) is 19.4 Å². The molecule has 0 fully saturated rings. The molecule has 1 rings (SSSR count). The summed E-state index contributed by atoms with van der Waals surface area (Å²) in [6.45, 7) is 3.91. The Morgan fingerprint density at radius 1 is 1.33 bits per heavy atom. The van der Waals surface area contributed by atoms with Crippen LogP contribution in [0, 0.1) is 18.3 Å². The van der Waals surface area contributed by atoms with Gasteiger partial charge >= 0.3 is 0 Å². The van der Waals surface area contributed by atoms with Gasteiger partial charge < -0.3 is 0 Å². The van der Waals surface area contributed by atoms with E-state index in [9.17, 15) is 0 Å². The topological polar surface area (TPSA) is 23.8 Å².